The standard InChI is InChI=1S/C21H30N2O9/c1-8-11-32-17-12-14(15(27-5)13-16(17)28-6)21(4,18(24)29-7)23(20(26)31-10-3)22-19(25)30-9-2/h8,12-13H,1,9-11H2,2-7H3,(H,22,25)/t21-/m0/s1. The fourth-order valence-electron chi connectivity index (χ4n) is 2.81. The predicted octanol–water partition coefficient (Wildman–Crippen LogP) is 2.78. The van der Waals surface area contributed by atoms with Crippen molar-refractivity contribution in [3.63, 3.8) is 0 Å². The molecule has 178 valence electrons. The fourth-order valence-corrected chi connectivity index (χ4v) is 2.81. The van der Waals surface area contributed by atoms with E-state index in [0.29, 0.717) is 10.8 Å². The topological polar surface area (TPSA) is 122 Å². The molecule has 2 amide bonds. The molecule has 0 aliphatic rings. The molecule has 1 aromatic carbocycles. The van der Waals surface area contributed by atoms with Crippen molar-refractivity contribution in [2.24, 2.45) is 0 Å². The number of rotatable bonds is 10. The number of carbonyl (C=O) groups is 3. The number of nitrogens with zero attached hydrogens (tertiary/aromatic N) is 1. The summed E-state index contributed by atoms with van der Waals surface area (Å²) in [6.45, 7) is 8.26. The highest BCUT2D eigenvalue weighted by molar-refractivity contribution is 5.89. The van der Waals surface area contributed by atoms with Crippen molar-refractivity contribution in [3.05, 3.63) is 30.4 Å². The van der Waals surface area contributed by atoms with Gasteiger partial charge in [-0.25, -0.2) is 19.8 Å². The van der Waals surface area contributed by atoms with Crippen LogP contribution in [0.3, 0.4) is 0 Å². The fraction of sp³-hybridized carbons (Fsp3) is 0.476. The van der Waals surface area contributed by atoms with Crippen molar-refractivity contribution in [1.82, 2.24) is 10.4 Å². The number of carbonyl (C=O) groups excluding carboxylic acids is 3. The second-order valence-electron chi connectivity index (χ2n) is 6.23. The SMILES string of the molecule is C=CCOc1cc([C@@](C)(C(=O)OC)N(NC(=O)OCC)C(=O)OCC)c(OC)cc1OC. The van der Waals surface area contributed by atoms with Crippen molar-refractivity contribution < 1.29 is 42.8 Å². The average Bonchev–Trinajstić information content (AvgIpc) is 2.79. The third-order valence-corrected chi connectivity index (χ3v) is 4.33. The first-order valence-electron chi connectivity index (χ1n) is 9.73. The lowest BCUT2D eigenvalue weighted by Crippen LogP contribution is -2.61. The third-order valence-electron chi connectivity index (χ3n) is 4.33. The molecule has 0 fully saturated rings. The first kappa shape index (κ1) is 26.4. The van der Waals surface area contributed by atoms with E-state index in [2.05, 4.69) is 12.0 Å². The Labute approximate surface area is 187 Å². The number of hydrogen-bond donors (Lipinski definition) is 1. The van der Waals surface area contributed by atoms with E-state index in [1.165, 1.54) is 39.4 Å². The molecule has 0 radical (unpaired) electrons. The molecule has 0 saturated carbocycles. The Morgan fingerprint density at radius 1 is 1.03 bits per heavy atom. The summed E-state index contributed by atoms with van der Waals surface area (Å²) in [6.07, 6.45) is -0.484. The number of hydrazine groups is 1. The second-order valence-corrected chi connectivity index (χ2v) is 6.23. The lowest BCUT2D eigenvalue weighted by molar-refractivity contribution is -0.156. The minimum atomic E-state index is -1.96. The maximum absolute atomic E-state index is 13.1. The van der Waals surface area contributed by atoms with Crippen LogP contribution in [0.4, 0.5) is 9.59 Å². The molecule has 1 N–H and O–H groups in total. The van der Waals surface area contributed by atoms with Crippen LogP contribution in [0.5, 0.6) is 17.2 Å². The van der Waals surface area contributed by atoms with Crippen LogP contribution in [-0.4, -0.2) is 64.3 Å². The zero-order valence-electron chi connectivity index (χ0n) is 19.2. The lowest BCUT2D eigenvalue weighted by atomic mass is 9.89. The van der Waals surface area contributed by atoms with Crippen molar-refractivity contribution in [3.8, 4) is 17.2 Å². The van der Waals surface area contributed by atoms with E-state index >= 15 is 0 Å². The van der Waals surface area contributed by atoms with E-state index in [1.54, 1.807) is 13.8 Å². The van der Waals surface area contributed by atoms with Crippen LogP contribution in [0, 0.1) is 0 Å². The first-order chi connectivity index (χ1) is 15.2. The van der Waals surface area contributed by atoms with E-state index < -0.39 is 23.7 Å². The number of benzene rings is 1. The van der Waals surface area contributed by atoms with E-state index in [9.17, 15) is 14.4 Å². The maximum Gasteiger partial charge on any atom is 0.430 e. The Morgan fingerprint density at radius 3 is 2.16 bits per heavy atom. The van der Waals surface area contributed by atoms with E-state index in [1.807, 2.05) is 0 Å². The summed E-state index contributed by atoms with van der Waals surface area (Å²) in [5.74, 6) is -0.208. The van der Waals surface area contributed by atoms with Crippen LogP contribution in [0.15, 0.2) is 24.8 Å². The Morgan fingerprint density at radius 2 is 1.66 bits per heavy atom. The molecule has 1 aromatic rings. The minimum Gasteiger partial charge on any atom is -0.496 e. The van der Waals surface area contributed by atoms with Crippen molar-refractivity contribution in [1.29, 1.82) is 0 Å². The smallest absolute Gasteiger partial charge is 0.430 e. The average molecular weight is 454 g/mol. The van der Waals surface area contributed by atoms with E-state index in [0.717, 1.165) is 7.11 Å². The van der Waals surface area contributed by atoms with Crippen LogP contribution in [0.25, 0.3) is 0 Å². The number of methoxy groups -OCH3 is 3. The molecule has 1 atom stereocenters. The van der Waals surface area contributed by atoms with Crippen molar-refractivity contribution >= 4 is 18.2 Å². The summed E-state index contributed by atoms with van der Waals surface area (Å²) >= 11 is 0. The summed E-state index contributed by atoms with van der Waals surface area (Å²) in [5.41, 5.74) is 0.414. The van der Waals surface area contributed by atoms with Gasteiger partial charge in [-0.15, -0.1) is 0 Å². The summed E-state index contributed by atoms with van der Waals surface area (Å²) in [4.78, 5) is 38.1. The zero-order valence-corrected chi connectivity index (χ0v) is 19.2. The predicted molar refractivity (Wildman–Crippen MR) is 114 cm³/mol. The van der Waals surface area contributed by atoms with Crippen LogP contribution < -0.4 is 19.6 Å². The Balaban J connectivity index is 3.82. The number of hydrogen-bond acceptors (Lipinski definition) is 9. The van der Waals surface area contributed by atoms with Gasteiger partial charge in [0.15, 0.2) is 17.0 Å². The third kappa shape index (κ3) is 5.74. The summed E-state index contributed by atoms with van der Waals surface area (Å²) in [5, 5.41) is 0.682. The minimum absolute atomic E-state index is 0.0233. The van der Waals surface area contributed by atoms with Gasteiger partial charge in [-0.05, 0) is 26.8 Å². The second kappa shape index (κ2) is 12.3. The Hall–Kier alpha value is -3.63. The normalized spacial score (nSPS) is 11.9. The molecule has 0 heterocycles. The van der Waals surface area contributed by atoms with Gasteiger partial charge in [0, 0.05) is 11.6 Å². The molecule has 0 saturated heterocycles. The first-order valence-corrected chi connectivity index (χ1v) is 9.73. The van der Waals surface area contributed by atoms with Gasteiger partial charge < -0.3 is 28.4 Å². The Kier molecular flexibility index (Phi) is 10.1. The summed E-state index contributed by atoms with van der Waals surface area (Å²) < 4.78 is 31.3. The van der Waals surface area contributed by atoms with Crippen LogP contribution >= 0.6 is 0 Å². The lowest BCUT2D eigenvalue weighted by Gasteiger charge is -2.38. The number of ether oxygens (including phenoxy) is 6. The molecule has 0 unspecified atom stereocenters. The van der Waals surface area contributed by atoms with Crippen LogP contribution in [0.1, 0.15) is 26.3 Å². The molecule has 0 aliphatic heterocycles. The van der Waals surface area contributed by atoms with Gasteiger partial charge in [-0.3, -0.25) is 0 Å². The molecule has 0 bridgehead atoms. The summed E-state index contributed by atoms with van der Waals surface area (Å²) in [7, 11) is 3.94. The van der Waals surface area contributed by atoms with Gasteiger partial charge in [-0.2, -0.15) is 5.01 Å². The van der Waals surface area contributed by atoms with Crippen molar-refractivity contribution in [2.45, 2.75) is 26.3 Å². The molecule has 11 heteroatoms. The summed E-state index contributed by atoms with van der Waals surface area (Å²) in [6, 6.07) is 2.92. The number of nitrogens with one attached hydrogen (secondary N) is 1. The van der Waals surface area contributed by atoms with Gasteiger partial charge in [0.2, 0.25) is 0 Å². The molecule has 11 nitrogen and oxygen atoms in total. The zero-order chi connectivity index (χ0) is 24.3. The highest BCUT2D eigenvalue weighted by Gasteiger charge is 2.50. The number of amides is 2. The Bertz CT molecular complexity index is 828. The van der Waals surface area contributed by atoms with Gasteiger partial charge >= 0.3 is 18.2 Å². The van der Waals surface area contributed by atoms with E-state index in [4.69, 9.17) is 28.4 Å². The maximum atomic E-state index is 13.1. The monoisotopic (exact) mass is 454 g/mol. The van der Waals surface area contributed by atoms with Crippen LogP contribution in [0.2, 0.25) is 0 Å². The quantitative estimate of drug-likeness (QED) is 0.246. The molecule has 1 rings (SSSR count). The van der Waals surface area contributed by atoms with Crippen molar-refractivity contribution in [2.75, 3.05) is 41.2 Å². The van der Waals surface area contributed by atoms with Gasteiger partial charge in [0.1, 0.15) is 12.4 Å². The highest BCUT2D eigenvalue weighted by atomic mass is 16.6. The van der Waals surface area contributed by atoms with E-state index in [-0.39, 0.29) is 36.9 Å². The molecular formula is C21H30N2O9. The molecule has 0 spiro atoms. The van der Waals surface area contributed by atoms with Gasteiger partial charge in [0.05, 0.1) is 34.5 Å². The molecule has 0 aliphatic carbocycles. The molecule has 0 aromatic heterocycles. The van der Waals surface area contributed by atoms with Gasteiger partial charge in [-0.1, -0.05) is 12.7 Å². The largest absolute Gasteiger partial charge is 0.496 e. The van der Waals surface area contributed by atoms with Crippen LogP contribution in [-0.2, 0) is 24.5 Å². The highest BCUT2D eigenvalue weighted by Crippen LogP contribution is 2.42. The molecular weight excluding hydrogens is 424 g/mol. The van der Waals surface area contributed by atoms with Gasteiger partial charge in [0.25, 0.3) is 0 Å². The molecule has 32 heavy (non-hydrogen) atoms. The number of esters is 1.